The van der Waals surface area contributed by atoms with E-state index in [1.165, 1.54) is 32.9 Å². The minimum atomic E-state index is -2.02. The molecular formula is C35H40O12. The first-order valence-electron chi connectivity index (χ1n) is 15.5. The molecule has 1 N–H and O–H groups in total. The number of fused-ring (bicyclic) bond motifs is 1. The van der Waals surface area contributed by atoms with Crippen LogP contribution >= 0.6 is 0 Å². The number of carbonyl (C=O) groups excluding carboxylic acids is 5. The molecule has 252 valence electrons. The lowest BCUT2D eigenvalue weighted by atomic mass is 9.46. The van der Waals surface area contributed by atoms with Crippen LogP contribution in [-0.4, -0.2) is 82.8 Å². The fourth-order valence-electron chi connectivity index (χ4n) is 8.01. The van der Waals surface area contributed by atoms with E-state index in [0.717, 1.165) is 6.92 Å². The van der Waals surface area contributed by atoms with Crippen molar-refractivity contribution < 1.29 is 57.5 Å². The zero-order valence-electron chi connectivity index (χ0n) is 27.2. The van der Waals surface area contributed by atoms with E-state index in [1.807, 2.05) is 0 Å². The molecule has 5 rings (SSSR count). The second kappa shape index (κ2) is 12.4. The monoisotopic (exact) mass is 652 g/mol. The van der Waals surface area contributed by atoms with Crippen LogP contribution in [0, 0.1) is 11.3 Å². The van der Waals surface area contributed by atoms with Crippen molar-refractivity contribution in [2.75, 3.05) is 6.61 Å². The van der Waals surface area contributed by atoms with E-state index in [9.17, 15) is 29.1 Å². The molecule has 0 amide bonds. The molecule has 2 aromatic rings. The van der Waals surface area contributed by atoms with Crippen molar-refractivity contribution in [3.63, 3.8) is 0 Å². The van der Waals surface area contributed by atoms with Gasteiger partial charge in [-0.3, -0.25) is 14.4 Å². The first-order chi connectivity index (χ1) is 22.1. The van der Waals surface area contributed by atoms with E-state index < -0.39 is 89.0 Å². The number of hydrogen-bond acceptors (Lipinski definition) is 12. The maximum Gasteiger partial charge on any atom is 0.338 e. The van der Waals surface area contributed by atoms with Crippen molar-refractivity contribution in [3.05, 3.63) is 71.8 Å². The standard InChI is InChI=1S/C35H40O12/c1-20(36)42-19-34-25(43-21(2)37)17-18-33(6,41)35(34)28(44-22(3)38)26(32(4,5)47-35)27(45-30(39)23-13-9-7-10-14-23)29(34)46-31(40)24-15-11-8-12-16-24/h7-16,25-29,41H,17-19H2,1-6H3/t25-,26+,27+,28+,29-,33-,34-,35-/m0/s1. The Morgan fingerprint density at radius 1 is 0.745 bits per heavy atom. The molecule has 12 heteroatoms. The lowest BCUT2D eigenvalue weighted by Gasteiger charge is -2.65. The van der Waals surface area contributed by atoms with Gasteiger partial charge in [-0.2, -0.15) is 0 Å². The molecule has 8 atom stereocenters. The summed E-state index contributed by atoms with van der Waals surface area (Å²) >= 11 is 0. The number of carbonyl (C=O) groups is 5. The average molecular weight is 653 g/mol. The summed E-state index contributed by atoms with van der Waals surface area (Å²) in [5.41, 5.74) is -6.87. The maximum atomic E-state index is 13.9. The second-order valence-corrected chi connectivity index (χ2v) is 13.2. The Balaban J connectivity index is 1.84. The SMILES string of the molecule is CC(=O)OC[C@@]12[C@@H](OC(C)=O)CC[C@](C)(O)[C@]13OC(C)(C)[C@H]([C@@H](OC(=O)c1ccccc1)[C@@H]2OC(=O)c1ccccc1)[C@H]3OC(C)=O. The molecule has 2 aromatic carbocycles. The molecule has 3 fully saturated rings. The Bertz CT molecular complexity index is 1540. The molecule has 2 saturated carbocycles. The molecule has 12 nitrogen and oxygen atoms in total. The topological polar surface area (TPSA) is 161 Å². The molecular weight excluding hydrogens is 612 g/mol. The quantitative estimate of drug-likeness (QED) is 0.327. The lowest BCUT2D eigenvalue weighted by molar-refractivity contribution is -0.348. The van der Waals surface area contributed by atoms with E-state index >= 15 is 0 Å². The summed E-state index contributed by atoms with van der Waals surface area (Å²) in [6.07, 6.45) is -5.64. The minimum Gasteiger partial charge on any atom is -0.465 e. The molecule has 47 heavy (non-hydrogen) atoms. The fourth-order valence-corrected chi connectivity index (χ4v) is 8.01. The van der Waals surface area contributed by atoms with Gasteiger partial charge in [0, 0.05) is 20.8 Å². The number of benzene rings is 2. The van der Waals surface area contributed by atoms with Crippen molar-refractivity contribution in [1.29, 1.82) is 0 Å². The minimum absolute atomic E-state index is 0.00438. The van der Waals surface area contributed by atoms with Crippen LogP contribution in [0.3, 0.4) is 0 Å². The molecule has 2 aliphatic carbocycles. The van der Waals surface area contributed by atoms with Crippen LogP contribution in [-0.2, 0) is 42.8 Å². The summed E-state index contributed by atoms with van der Waals surface area (Å²) < 4.78 is 37.1. The molecule has 2 bridgehead atoms. The maximum absolute atomic E-state index is 13.9. The van der Waals surface area contributed by atoms with Gasteiger partial charge < -0.3 is 33.5 Å². The van der Waals surface area contributed by atoms with Crippen molar-refractivity contribution in [1.82, 2.24) is 0 Å². The third kappa shape index (κ3) is 5.67. The van der Waals surface area contributed by atoms with Crippen LogP contribution < -0.4 is 0 Å². The first-order valence-corrected chi connectivity index (χ1v) is 15.5. The predicted octanol–water partition coefficient (Wildman–Crippen LogP) is 3.57. The van der Waals surface area contributed by atoms with Crippen LogP contribution in [0.4, 0.5) is 0 Å². The smallest absolute Gasteiger partial charge is 0.338 e. The number of aliphatic hydroxyl groups is 1. The van der Waals surface area contributed by atoms with Gasteiger partial charge in [-0.15, -0.1) is 0 Å². The van der Waals surface area contributed by atoms with Crippen molar-refractivity contribution in [2.24, 2.45) is 11.3 Å². The zero-order valence-corrected chi connectivity index (χ0v) is 27.2. The summed E-state index contributed by atoms with van der Waals surface area (Å²) in [5, 5.41) is 12.4. The Morgan fingerprint density at radius 3 is 1.79 bits per heavy atom. The molecule has 1 spiro atoms. The van der Waals surface area contributed by atoms with Crippen LogP contribution in [0.15, 0.2) is 60.7 Å². The molecule has 1 heterocycles. The average Bonchev–Trinajstić information content (AvgIpc) is 3.20. The van der Waals surface area contributed by atoms with Crippen LogP contribution in [0.2, 0.25) is 0 Å². The summed E-state index contributed by atoms with van der Waals surface area (Å²) in [4.78, 5) is 65.8. The van der Waals surface area contributed by atoms with Crippen LogP contribution in [0.5, 0.6) is 0 Å². The van der Waals surface area contributed by atoms with Gasteiger partial charge >= 0.3 is 29.8 Å². The normalized spacial score (nSPS) is 33.5. The lowest BCUT2D eigenvalue weighted by Crippen LogP contribution is -2.83. The van der Waals surface area contributed by atoms with Gasteiger partial charge in [0.15, 0.2) is 11.7 Å². The Hall–Kier alpha value is -4.29. The van der Waals surface area contributed by atoms with E-state index in [-0.39, 0.29) is 24.0 Å². The highest BCUT2D eigenvalue weighted by Gasteiger charge is 2.87. The third-order valence-electron chi connectivity index (χ3n) is 9.68. The number of hydrogen-bond donors (Lipinski definition) is 1. The van der Waals surface area contributed by atoms with Gasteiger partial charge in [-0.05, 0) is 57.9 Å². The highest BCUT2D eigenvalue weighted by atomic mass is 16.6. The highest BCUT2D eigenvalue weighted by Crippen LogP contribution is 2.69. The fraction of sp³-hybridized carbons (Fsp3) is 0.514. The second-order valence-electron chi connectivity index (χ2n) is 13.2. The van der Waals surface area contributed by atoms with E-state index in [4.69, 9.17) is 28.4 Å². The van der Waals surface area contributed by atoms with Gasteiger partial charge in [0.2, 0.25) is 0 Å². The third-order valence-corrected chi connectivity index (χ3v) is 9.68. The van der Waals surface area contributed by atoms with E-state index in [2.05, 4.69) is 0 Å². The number of ether oxygens (including phenoxy) is 6. The summed E-state index contributed by atoms with van der Waals surface area (Å²) in [7, 11) is 0. The van der Waals surface area contributed by atoms with Gasteiger partial charge in [-0.25, -0.2) is 9.59 Å². The van der Waals surface area contributed by atoms with Gasteiger partial charge in [0.25, 0.3) is 0 Å². The van der Waals surface area contributed by atoms with Crippen molar-refractivity contribution in [2.45, 2.75) is 95.6 Å². The van der Waals surface area contributed by atoms with Gasteiger partial charge in [-0.1, -0.05) is 36.4 Å². The van der Waals surface area contributed by atoms with E-state index in [1.54, 1.807) is 62.4 Å². The molecule has 0 aromatic heterocycles. The largest absolute Gasteiger partial charge is 0.465 e. The molecule has 0 radical (unpaired) electrons. The van der Waals surface area contributed by atoms with Crippen molar-refractivity contribution in [3.8, 4) is 0 Å². The summed E-state index contributed by atoms with van der Waals surface area (Å²) in [5.74, 6) is -4.86. The molecule has 1 aliphatic heterocycles. The molecule has 3 aliphatic rings. The summed E-state index contributed by atoms with van der Waals surface area (Å²) in [6.45, 7) is 7.74. The molecule has 0 unspecified atom stereocenters. The Kier molecular flexibility index (Phi) is 8.97. The van der Waals surface area contributed by atoms with Crippen LogP contribution in [0.1, 0.15) is 75.1 Å². The van der Waals surface area contributed by atoms with Crippen LogP contribution in [0.25, 0.3) is 0 Å². The predicted molar refractivity (Wildman–Crippen MR) is 163 cm³/mol. The highest BCUT2D eigenvalue weighted by molar-refractivity contribution is 5.90. The zero-order chi connectivity index (χ0) is 34.4. The summed E-state index contributed by atoms with van der Waals surface area (Å²) in [6, 6.07) is 16.2. The number of rotatable bonds is 8. The molecule has 1 saturated heterocycles. The number of esters is 5. The van der Waals surface area contributed by atoms with Gasteiger partial charge in [0.1, 0.15) is 30.3 Å². The Labute approximate surface area is 272 Å². The van der Waals surface area contributed by atoms with Gasteiger partial charge in [0.05, 0.1) is 28.2 Å². The van der Waals surface area contributed by atoms with Crippen molar-refractivity contribution >= 4 is 29.8 Å². The Morgan fingerprint density at radius 2 is 1.28 bits per heavy atom. The first kappa shape index (κ1) is 34.1. The van der Waals surface area contributed by atoms with E-state index in [0.29, 0.717) is 0 Å².